The standard InChI is InChI=1S/C22H25N3O2.C22H22N2O6/c1-22(2,11-17-13-24-20-9-5-4-8-19(17)20)25-14-18(26)15-27-21-10-6-3-7-16(21)12-23;1-27-17-14-18(28-2)24-21(23-17)30-19(20(25)26)22(29-3,15-10-6-4-7-11-15)16-12-8-5-9-13-16/h3-10,13,18,24-26H,11,14-15H2,1-2H3;4-14,19H,1-3H3,(H,25,26)/t;19-/m.1/s1. The lowest BCUT2D eigenvalue weighted by Gasteiger charge is -2.37. The van der Waals surface area contributed by atoms with Crippen LogP contribution in [-0.2, 0) is 21.6 Å². The number of nitriles is 1. The van der Waals surface area contributed by atoms with Crippen molar-refractivity contribution < 1.29 is 38.7 Å². The molecule has 0 amide bonds. The Labute approximate surface area is 331 Å². The van der Waals surface area contributed by atoms with E-state index in [1.165, 1.54) is 38.3 Å². The van der Waals surface area contributed by atoms with E-state index in [1.807, 2.05) is 36.5 Å². The first-order valence-electron chi connectivity index (χ1n) is 18.2. The fourth-order valence-corrected chi connectivity index (χ4v) is 6.38. The smallest absolute Gasteiger partial charge is 0.348 e. The number of H-pyrrole nitrogens is 1. The molecule has 13 nitrogen and oxygen atoms in total. The zero-order valence-electron chi connectivity index (χ0n) is 32.5. The number of methoxy groups -OCH3 is 3. The highest BCUT2D eigenvalue weighted by Crippen LogP contribution is 2.39. The van der Waals surface area contributed by atoms with E-state index in [0.29, 0.717) is 29.0 Å². The highest BCUT2D eigenvalue weighted by Gasteiger charge is 2.49. The Morgan fingerprint density at radius 2 is 1.44 bits per heavy atom. The van der Waals surface area contributed by atoms with Crippen LogP contribution < -0.4 is 24.3 Å². The zero-order chi connectivity index (χ0) is 40.8. The van der Waals surface area contributed by atoms with Crippen molar-refractivity contribution in [2.45, 2.75) is 43.6 Å². The van der Waals surface area contributed by atoms with Crippen molar-refractivity contribution in [3.63, 3.8) is 0 Å². The van der Waals surface area contributed by atoms with Gasteiger partial charge in [-0.1, -0.05) is 91.0 Å². The quantitative estimate of drug-likeness (QED) is 0.0813. The van der Waals surface area contributed by atoms with Crippen molar-refractivity contribution in [2.24, 2.45) is 0 Å². The second-order valence-corrected chi connectivity index (χ2v) is 13.6. The number of carbonyl (C=O) groups is 1. The van der Waals surface area contributed by atoms with Gasteiger partial charge in [0.2, 0.25) is 17.9 Å². The molecule has 6 rings (SSSR count). The van der Waals surface area contributed by atoms with Gasteiger partial charge in [-0.3, -0.25) is 0 Å². The molecule has 0 saturated heterocycles. The fraction of sp³-hybridized carbons (Fsp3) is 0.273. The van der Waals surface area contributed by atoms with Gasteiger partial charge in [-0.2, -0.15) is 15.2 Å². The highest BCUT2D eigenvalue weighted by molar-refractivity contribution is 5.83. The molecule has 4 aromatic carbocycles. The lowest BCUT2D eigenvalue weighted by Crippen LogP contribution is -2.50. The molecule has 0 spiro atoms. The van der Waals surface area contributed by atoms with E-state index < -0.39 is 23.8 Å². The molecule has 13 heteroatoms. The van der Waals surface area contributed by atoms with Crippen LogP contribution in [0.1, 0.15) is 36.1 Å². The topological polar surface area (TPSA) is 181 Å². The Morgan fingerprint density at radius 3 is 2.02 bits per heavy atom. The normalized spacial score (nSPS) is 12.4. The van der Waals surface area contributed by atoms with Crippen LogP contribution in [0.5, 0.6) is 23.5 Å². The third-order valence-corrected chi connectivity index (χ3v) is 9.18. The second-order valence-electron chi connectivity index (χ2n) is 13.6. The van der Waals surface area contributed by atoms with E-state index in [4.69, 9.17) is 28.9 Å². The number of nitrogens with zero attached hydrogens (tertiary/aromatic N) is 3. The Balaban J connectivity index is 0.000000219. The Bertz CT molecular complexity index is 2180. The summed E-state index contributed by atoms with van der Waals surface area (Å²) in [6.07, 6.45) is 0.692. The number of fused-ring (bicyclic) bond motifs is 1. The van der Waals surface area contributed by atoms with Crippen LogP contribution in [-0.4, -0.2) is 83.4 Å². The first-order chi connectivity index (χ1) is 27.5. The minimum atomic E-state index is -1.52. The lowest BCUT2D eigenvalue weighted by atomic mass is 9.81. The van der Waals surface area contributed by atoms with E-state index in [9.17, 15) is 15.0 Å². The summed E-state index contributed by atoms with van der Waals surface area (Å²) in [7, 11) is 4.29. The van der Waals surface area contributed by atoms with Gasteiger partial charge in [0, 0.05) is 36.3 Å². The predicted octanol–water partition coefficient (Wildman–Crippen LogP) is 6.31. The van der Waals surface area contributed by atoms with E-state index in [1.54, 1.807) is 66.7 Å². The van der Waals surface area contributed by atoms with Gasteiger partial charge in [-0.05, 0) is 55.2 Å². The predicted molar refractivity (Wildman–Crippen MR) is 215 cm³/mol. The van der Waals surface area contributed by atoms with Gasteiger partial charge in [0.15, 0.2) is 5.60 Å². The maximum atomic E-state index is 12.4. The number of para-hydroxylation sites is 2. The number of rotatable bonds is 17. The SMILES string of the molecule is CC(C)(Cc1c[nH]c2ccccc12)NCC(O)COc1ccccc1C#N.COc1cc(OC)nc(O[C@H](C(=O)O)C(OC)(c2ccccc2)c2ccccc2)n1. The molecule has 0 saturated carbocycles. The number of aliphatic hydroxyl groups is 1. The third-order valence-electron chi connectivity index (χ3n) is 9.18. The van der Waals surface area contributed by atoms with Crippen LogP contribution >= 0.6 is 0 Å². The monoisotopic (exact) mass is 773 g/mol. The molecule has 296 valence electrons. The molecular weight excluding hydrogens is 727 g/mol. The van der Waals surface area contributed by atoms with Crippen LogP contribution in [0.2, 0.25) is 0 Å². The number of hydrogen-bond donors (Lipinski definition) is 4. The number of aliphatic hydroxyl groups excluding tert-OH is 1. The summed E-state index contributed by atoms with van der Waals surface area (Å²) in [5, 5.41) is 34.1. The van der Waals surface area contributed by atoms with Gasteiger partial charge in [-0.25, -0.2) is 4.79 Å². The van der Waals surface area contributed by atoms with Crippen molar-refractivity contribution >= 4 is 16.9 Å². The number of aromatic amines is 1. The minimum Gasteiger partial charge on any atom is -0.489 e. The summed E-state index contributed by atoms with van der Waals surface area (Å²) in [6.45, 7) is 4.78. The number of hydrogen-bond acceptors (Lipinski definition) is 11. The molecule has 0 radical (unpaired) electrons. The van der Waals surface area contributed by atoms with E-state index in [-0.39, 0.29) is 29.9 Å². The van der Waals surface area contributed by atoms with Gasteiger partial charge >= 0.3 is 12.0 Å². The summed E-state index contributed by atoms with van der Waals surface area (Å²) in [5.41, 5.74) is 2.38. The summed E-state index contributed by atoms with van der Waals surface area (Å²) < 4.78 is 27.6. The van der Waals surface area contributed by atoms with Gasteiger partial charge in [0.25, 0.3) is 0 Å². The van der Waals surface area contributed by atoms with Gasteiger partial charge in [-0.15, -0.1) is 0 Å². The molecule has 6 aromatic rings. The average molecular weight is 774 g/mol. The Hall–Kier alpha value is -6.46. The van der Waals surface area contributed by atoms with Gasteiger partial charge in [0.05, 0.1) is 25.8 Å². The zero-order valence-corrected chi connectivity index (χ0v) is 32.5. The number of nitrogens with one attached hydrogen (secondary N) is 2. The molecule has 1 unspecified atom stereocenters. The Kier molecular flexibility index (Phi) is 14.2. The van der Waals surface area contributed by atoms with Crippen molar-refractivity contribution in [1.29, 1.82) is 5.26 Å². The summed E-state index contributed by atoms with van der Waals surface area (Å²) in [6, 6.07) is 36.6. The summed E-state index contributed by atoms with van der Waals surface area (Å²) >= 11 is 0. The molecule has 2 atom stereocenters. The number of β-amino-alcohol motifs (C(OH)–C–C–N with tert-alkyl or cyclic N) is 1. The molecule has 57 heavy (non-hydrogen) atoms. The molecule has 2 heterocycles. The van der Waals surface area contributed by atoms with Crippen molar-refractivity contribution in [1.82, 2.24) is 20.3 Å². The van der Waals surface area contributed by atoms with Crippen molar-refractivity contribution in [2.75, 3.05) is 34.5 Å². The van der Waals surface area contributed by atoms with E-state index in [2.05, 4.69) is 52.3 Å². The minimum absolute atomic E-state index is 0.134. The van der Waals surface area contributed by atoms with Gasteiger partial charge < -0.3 is 44.2 Å². The molecule has 0 aliphatic heterocycles. The molecule has 0 aliphatic carbocycles. The number of carboxylic acids is 1. The first kappa shape index (κ1) is 41.7. The maximum Gasteiger partial charge on any atom is 0.348 e. The fourth-order valence-electron chi connectivity index (χ4n) is 6.38. The highest BCUT2D eigenvalue weighted by atomic mass is 16.6. The van der Waals surface area contributed by atoms with Crippen LogP contribution in [0.25, 0.3) is 10.9 Å². The number of ether oxygens (including phenoxy) is 5. The van der Waals surface area contributed by atoms with Crippen LogP contribution in [0, 0.1) is 11.3 Å². The summed E-state index contributed by atoms with van der Waals surface area (Å²) in [5.74, 6) is -0.418. The molecule has 4 N–H and O–H groups in total. The van der Waals surface area contributed by atoms with E-state index in [0.717, 1.165) is 11.9 Å². The van der Waals surface area contributed by atoms with Crippen molar-refractivity contribution in [3.8, 4) is 29.6 Å². The van der Waals surface area contributed by atoms with Crippen LogP contribution in [0.15, 0.2) is 121 Å². The molecule has 0 aliphatic rings. The third kappa shape index (κ3) is 10.4. The number of carboxylic acid groups (broad SMARTS) is 1. The Morgan fingerprint density at radius 1 is 0.860 bits per heavy atom. The average Bonchev–Trinajstić information content (AvgIpc) is 3.64. The summed E-state index contributed by atoms with van der Waals surface area (Å²) in [4.78, 5) is 23.9. The molecule has 0 bridgehead atoms. The number of aliphatic carboxylic acids is 1. The van der Waals surface area contributed by atoms with Gasteiger partial charge in [0.1, 0.15) is 24.5 Å². The van der Waals surface area contributed by atoms with Crippen LogP contribution in [0.3, 0.4) is 0 Å². The van der Waals surface area contributed by atoms with E-state index >= 15 is 0 Å². The van der Waals surface area contributed by atoms with Crippen molar-refractivity contribution in [3.05, 3.63) is 144 Å². The largest absolute Gasteiger partial charge is 0.489 e. The number of aromatic nitrogens is 3. The molecular formula is C44H47N5O8. The second kappa shape index (κ2) is 19.4. The lowest BCUT2D eigenvalue weighted by molar-refractivity contribution is -0.160. The maximum absolute atomic E-state index is 12.4. The molecule has 0 fully saturated rings. The molecule has 2 aromatic heterocycles. The van der Waals surface area contributed by atoms with Crippen LogP contribution in [0.4, 0.5) is 0 Å². The number of benzene rings is 4. The first-order valence-corrected chi connectivity index (χ1v) is 18.2.